The second-order valence-electron chi connectivity index (χ2n) is 5.76. The average molecular weight is 339 g/mol. The van der Waals surface area contributed by atoms with Gasteiger partial charge in [-0.25, -0.2) is 11.6 Å². The first-order chi connectivity index (χ1) is 12.2. The van der Waals surface area contributed by atoms with Crippen molar-refractivity contribution in [3.05, 3.63) is 52.5 Å². The van der Waals surface area contributed by atoms with Crippen molar-refractivity contribution in [1.29, 1.82) is 0 Å². The van der Waals surface area contributed by atoms with E-state index in [0.29, 0.717) is 19.4 Å². The number of nitrogens with two attached hydrogens (primary N) is 1. The van der Waals surface area contributed by atoms with Crippen LogP contribution in [0.5, 0.6) is 5.75 Å². The maximum Gasteiger partial charge on any atom is 0.222 e. The summed E-state index contributed by atoms with van der Waals surface area (Å²) in [5.74, 6) is 1.82. The van der Waals surface area contributed by atoms with Crippen molar-refractivity contribution in [3.8, 4) is 5.75 Å². The summed E-state index contributed by atoms with van der Waals surface area (Å²) >= 11 is 0. The predicted molar refractivity (Wildman–Crippen MR) is 101 cm³/mol. The first-order valence-corrected chi connectivity index (χ1v) is 8.53. The molecule has 25 heavy (non-hydrogen) atoms. The number of nitrogens with one attached hydrogen (secondary N) is 1. The number of unbranched alkanes of at least 4 members (excludes halogenated alkanes) is 1. The number of nitrogen functional groups attached to an aromatic ring is 1. The fourth-order valence-corrected chi connectivity index (χ4v) is 2.67. The highest BCUT2D eigenvalue weighted by Gasteiger charge is 2.16. The number of rotatable bonds is 9. The quantitative estimate of drug-likeness (QED) is 0.541. The standard InChI is InChI=1S/C19H25N5O/c1-4-5-11-22-18-15(13-14-8-6-7-9-17(14)25-3)16(10-12-21-2)23-19(20)24-18/h6-9H,4-5,10-13H2,1,3H3,(H3,20,22,23,24). The highest BCUT2D eigenvalue weighted by atomic mass is 16.5. The van der Waals surface area contributed by atoms with Gasteiger partial charge in [0.05, 0.1) is 19.2 Å². The second-order valence-corrected chi connectivity index (χ2v) is 5.76. The zero-order valence-electron chi connectivity index (χ0n) is 14.9. The van der Waals surface area contributed by atoms with Crippen molar-refractivity contribution in [2.75, 3.05) is 31.2 Å². The lowest BCUT2D eigenvalue weighted by Crippen LogP contribution is -2.13. The summed E-state index contributed by atoms with van der Waals surface area (Å²) in [5.41, 5.74) is 8.76. The van der Waals surface area contributed by atoms with Gasteiger partial charge in [0.15, 0.2) is 0 Å². The fourth-order valence-electron chi connectivity index (χ4n) is 2.67. The van der Waals surface area contributed by atoms with E-state index in [0.717, 1.165) is 47.8 Å². The van der Waals surface area contributed by atoms with Crippen LogP contribution in [-0.4, -0.2) is 30.2 Å². The average Bonchev–Trinajstić information content (AvgIpc) is 2.62. The van der Waals surface area contributed by atoms with E-state index in [2.05, 4.69) is 27.1 Å². The molecule has 2 aromatic rings. The molecular formula is C19H25N5O. The van der Waals surface area contributed by atoms with Crippen molar-refractivity contribution in [3.63, 3.8) is 0 Å². The fraction of sp³-hybridized carbons (Fsp3) is 0.421. The first kappa shape index (κ1) is 18.5. The summed E-state index contributed by atoms with van der Waals surface area (Å²) in [7, 11) is 1.67. The summed E-state index contributed by atoms with van der Waals surface area (Å²) in [6.45, 7) is 10.4. The van der Waals surface area contributed by atoms with Gasteiger partial charge in [0.1, 0.15) is 11.6 Å². The van der Waals surface area contributed by atoms with Gasteiger partial charge in [-0.3, -0.25) is 0 Å². The minimum absolute atomic E-state index is 0.239. The van der Waals surface area contributed by atoms with Gasteiger partial charge in [-0.2, -0.15) is 4.98 Å². The van der Waals surface area contributed by atoms with Crippen molar-refractivity contribution in [2.24, 2.45) is 0 Å². The number of hydrogen-bond acceptors (Lipinski definition) is 5. The van der Waals surface area contributed by atoms with Crippen LogP contribution in [0.3, 0.4) is 0 Å². The van der Waals surface area contributed by atoms with Crippen molar-refractivity contribution >= 4 is 11.8 Å². The molecule has 0 aliphatic heterocycles. The number of benzene rings is 1. The zero-order valence-corrected chi connectivity index (χ0v) is 14.9. The number of para-hydroxylation sites is 1. The molecule has 0 saturated carbocycles. The Morgan fingerprint density at radius 3 is 2.80 bits per heavy atom. The number of nitrogens with zero attached hydrogens (tertiary/aromatic N) is 3. The molecule has 1 aromatic heterocycles. The Morgan fingerprint density at radius 1 is 1.28 bits per heavy atom. The Balaban J connectivity index is 2.41. The maximum atomic E-state index is 7.07. The molecule has 0 unspecified atom stereocenters. The summed E-state index contributed by atoms with van der Waals surface area (Å²) in [4.78, 5) is 12.2. The molecule has 1 heterocycles. The highest BCUT2D eigenvalue weighted by molar-refractivity contribution is 5.53. The van der Waals surface area contributed by atoms with Gasteiger partial charge in [-0.05, 0) is 18.1 Å². The largest absolute Gasteiger partial charge is 0.496 e. The second kappa shape index (κ2) is 9.48. The van der Waals surface area contributed by atoms with Gasteiger partial charge in [-0.15, -0.1) is 0 Å². The number of methoxy groups -OCH3 is 1. The van der Waals surface area contributed by atoms with E-state index in [1.54, 1.807) is 7.11 Å². The molecule has 0 fully saturated rings. The molecular weight excluding hydrogens is 314 g/mol. The highest BCUT2D eigenvalue weighted by Crippen LogP contribution is 2.27. The topological polar surface area (TPSA) is 77.4 Å². The van der Waals surface area contributed by atoms with E-state index in [1.807, 2.05) is 24.3 Å². The molecule has 132 valence electrons. The zero-order chi connectivity index (χ0) is 18.1. The molecule has 6 nitrogen and oxygen atoms in total. The van der Waals surface area contributed by atoms with E-state index in [4.69, 9.17) is 17.0 Å². The number of aromatic nitrogens is 2. The minimum Gasteiger partial charge on any atom is -0.496 e. The van der Waals surface area contributed by atoms with Crippen LogP contribution in [0.4, 0.5) is 11.8 Å². The van der Waals surface area contributed by atoms with Crippen LogP contribution < -0.4 is 15.8 Å². The van der Waals surface area contributed by atoms with Crippen LogP contribution in [0.2, 0.25) is 0 Å². The Kier molecular flexibility index (Phi) is 7.02. The van der Waals surface area contributed by atoms with Crippen molar-refractivity contribution in [1.82, 2.24) is 9.97 Å². The smallest absolute Gasteiger partial charge is 0.222 e. The number of ether oxygens (including phenoxy) is 1. The summed E-state index contributed by atoms with van der Waals surface area (Å²) < 4.78 is 5.47. The monoisotopic (exact) mass is 339 g/mol. The Labute approximate surface area is 149 Å². The van der Waals surface area contributed by atoms with Crippen LogP contribution in [-0.2, 0) is 12.8 Å². The molecule has 2 rings (SSSR count). The van der Waals surface area contributed by atoms with Gasteiger partial charge < -0.3 is 20.6 Å². The summed E-state index contributed by atoms with van der Waals surface area (Å²) in [6, 6.07) is 7.90. The maximum absolute atomic E-state index is 7.07. The molecule has 6 heteroatoms. The van der Waals surface area contributed by atoms with Crippen LogP contribution in [0, 0.1) is 6.57 Å². The molecule has 3 N–H and O–H groups in total. The summed E-state index contributed by atoms with van der Waals surface area (Å²) in [5, 5.41) is 3.38. The minimum atomic E-state index is 0.239. The van der Waals surface area contributed by atoms with E-state index in [-0.39, 0.29) is 5.95 Å². The third-order valence-corrected chi connectivity index (χ3v) is 3.95. The number of hydrogen-bond donors (Lipinski definition) is 2. The van der Waals surface area contributed by atoms with Gasteiger partial charge in [0.25, 0.3) is 0 Å². The predicted octanol–water partition coefficient (Wildman–Crippen LogP) is 3.33. The normalized spacial score (nSPS) is 10.3. The van der Waals surface area contributed by atoms with Gasteiger partial charge >= 0.3 is 0 Å². The lowest BCUT2D eigenvalue weighted by molar-refractivity contribution is 0.410. The van der Waals surface area contributed by atoms with Crippen molar-refractivity contribution < 1.29 is 4.74 Å². The van der Waals surface area contributed by atoms with E-state index >= 15 is 0 Å². The van der Waals surface area contributed by atoms with Crippen LogP contribution in [0.15, 0.2) is 24.3 Å². The molecule has 0 spiro atoms. The molecule has 0 aliphatic carbocycles. The molecule has 0 bridgehead atoms. The third-order valence-electron chi connectivity index (χ3n) is 3.95. The SMILES string of the molecule is [C-]#[N+]CCc1nc(N)nc(NCCCC)c1Cc1ccccc1OC. The van der Waals surface area contributed by atoms with E-state index < -0.39 is 0 Å². The van der Waals surface area contributed by atoms with Crippen LogP contribution in [0.25, 0.3) is 4.85 Å². The first-order valence-electron chi connectivity index (χ1n) is 8.53. The Morgan fingerprint density at radius 2 is 2.08 bits per heavy atom. The molecule has 0 amide bonds. The van der Waals surface area contributed by atoms with Crippen molar-refractivity contribution in [2.45, 2.75) is 32.6 Å². The third kappa shape index (κ3) is 5.08. The van der Waals surface area contributed by atoms with Crippen LogP contribution in [0.1, 0.15) is 36.6 Å². The molecule has 1 aromatic carbocycles. The molecule has 0 atom stereocenters. The lowest BCUT2D eigenvalue weighted by atomic mass is 10.0. The Hall–Kier alpha value is -2.81. The molecule has 0 saturated heterocycles. The molecule has 0 aliphatic rings. The Bertz CT molecular complexity index is 739. The number of anilines is 2. The lowest BCUT2D eigenvalue weighted by Gasteiger charge is -2.16. The van der Waals surface area contributed by atoms with E-state index in [1.165, 1.54) is 0 Å². The van der Waals surface area contributed by atoms with Crippen LogP contribution >= 0.6 is 0 Å². The van der Waals surface area contributed by atoms with Gasteiger partial charge in [0, 0.05) is 18.5 Å². The van der Waals surface area contributed by atoms with E-state index in [9.17, 15) is 0 Å². The van der Waals surface area contributed by atoms with Gasteiger partial charge in [-0.1, -0.05) is 31.5 Å². The molecule has 0 radical (unpaired) electrons. The van der Waals surface area contributed by atoms with Gasteiger partial charge in [0.2, 0.25) is 12.5 Å². The summed E-state index contributed by atoms with van der Waals surface area (Å²) in [6.07, 6.45) is 3.34.